The Hall–Kier alpha value is -0.410. The maximum absolute atomic E-state index is 13.6. The van der Waals surface area contributed by atoms with Crippen molar-refractivity contribution in [3.8, 4) is 0 Å². The van der Waals surface area contributed by atoms with E-state index >= 15 is 0 Å². The van der Waals surface area contributed by atoms with Crippen molar-refractivity contribution in [1.29, 1.82) is 0 Å². The van der Waals surface area contributed by atoms with Gasteiger partial charge in [-0.05, 0) is 52.5 Å². The average Bonchev–Trinajstić information content (AvgIpc) is 2.30. The Morgan fingerprint density at radius 3 is 2.59 bits per heavy atom. The van der Waals surface area contributed by atoms with Crippen molar-refractivity contribution >= 4 is 15.9 Å². The number of halogens is 2. The van der Waals surface area contributed by atoms with E-state index in [9.17, 15) is 4.39 Å². The molecule has 2 unspecified atom stereocenters. The summed E-state index contributed by atoms with van der Waals surface area (Å²) in [5.74, 6) is 0.328. The fraction of sp³-hybridized carbons (Fsp3) is 0.571. The van der Waals surface area contributed by atoms with E-state index in [1.165, 1.54) is 0 Å². The van der Waals surface area contributed by atoms with Crippen LogP contribution in [0, 0.1) is 11.7 Å². The van der Waals surface area contributed by atoms with Crippen LogP contribution in [0.5, 0.6) is 0 Å². The van der Waals surface area contributed by atoms with Crippen LogP contribution < -0.4 is 5.32 Å². The molecule has 0 fully saturated rings. The number of hydrogen-bond donors (Lipinski definition) is 1. The van der Waals surface area contributed by atoms with Gasteiger partial charge in [-0.2, -0.15) is 0 Å². The standard InChI is InChI=1S/C14H21BrFN/c1-4-6-10(3)14(17-5-2)11-7-8-12(15)13(16)9-11/h7-10,14,17H,4-6H2,1-3H3. The third-order valence-corrected chi connectivity index (χ3v) is 3.68. The van der Waals surface area contributed by atoms with Crippen LogP contribution in [0.3, 0.4) is 0 Å². The van der Waals surface area contributed by atoms with E-state index < -0.39 is 0 Å². The van der Waals surface area contributed by atoms with Gasteiger partial charge in [0.05, 0.1) is 4.47 Å². The minimum absolute atomic E-state index is 0.186. The Labute approximate surface area is 112 Å². The Balaban J connectivity index is 2.92. The smallest absolute Gasteiger partial charge is 0.137 e. The fourth-order valence-corrected chi connectivity index (χ4v) is 2.44. The highest BCUT2D eigenvalue weighted by Gasteiger charge is 2.18. The molecule has 0 heterocycles. The maximum atomic E-state index is 13.6. The molecule has 0 aromatic heterocycles. The molecule has 0 saturated carbocycles. The summed E-state index contributed by atoms with van der Waals surface area (Å²) in [5.41, 5.74) is 1.04. The summed E-state index contributed by atoms with van der Waals surface area (Å²) >= 11 is 3.19. The van der Waals surface area contributed by atoms with Crippen LogP contribution in [-0.4, -0.2) is 6.54 Å². The largest absolute Gasteiger partial charge is 0.310 e. The average molecular weight is 302 g/mol. The number of rotatable bonds is 6. The van der Waals surface area contributed by atoms with Gasteiger partial charge >= 0.3 is 0 Å². The van der Waals surface area contributed by atoms with Crippen LogP contribution in [0.15, 0.2) is 22.7 Å². The summed E-state index contributed by atoms with van der Waals surface area (Å²) in [6, 6.07) is 5.65. The lowest BCUT2D eigenvalue weighted by atomic mass is 9.91. The highest BCUT2D eigenvalue weighted by molar-refractivity contribution is 9.10. The molecular weight excluding hydrogens is 281 g/mol. The van der Waals surface area contributed by atoms with Gasteiger partial charge in [-0.3, -0.25) is 0 Å². The minimum atomic E-state index is -0.186. The molecule has 0 spiro atoms. The molecule has 0 aliphatic heterocycles. The number of hydrogen-bond acceptors (Lipinski definition) is 1. The van der Waals surface area contributed by atoms with Gasteiger partial charge in [-0.25, -0.2) is 4.39 Å². The lowest BCUT2D eigenvalue weighted by Crippen LogP contribution is -2.26. The van der Waals surface area contributed by atoms with Crippen molar-refractivity contribution in [2.45, 2.75) is 39.7 Å². The van der Waals surface area contributed by atoms with Crippen LogP contribution in [0.4, 0.5) is 4.39 Å². The predicted octanol–water partition coefficient (Wildman–Crippen LogP) is 4.68. The minimum Gasteiger partial charge on any atom is -0.310 e. The van der Waals surface area contributed by atoms with Gasteiger partial charge in [0, 0.05) is 6.04 Å². The zero-order chi connectivity index (χ0) is 12.8. The first-order valence-electron chi connectivity index (χ1n) is 6.28. The molecule has 17 heavy (non-hydrogen) atoms. The van der Waals surface area contributed by atoms with Crippen LogP contribution in [-0.2, 0) is 0 Å². The van der Waals surface area contributed by atoms with Crippen molar-refractivity contribution in [2.24, 2.45) is 5.92 Å². The molecule has 1 aromatic carbocycles. The third kappa shape index (κ3) is 4.07. The van der Waals surface area contributed by atoms with E-state index in [1.807, 2.05) is 6.07 Å². The summed E-state index contributed by atoms with van der Waals surface area (Å²) < 4.78 is 14.1. The van der Waals surface area contributed by atoms with Gasteiger partial charge < -0.3 is 5.32 Å². The van der Waals surface area contributed by atoms with E-state index in [2.05, 4.69) is 42.0 Å². The van der Waals surface area contributed by atoms with Crippen molar-refractivity contribution in [1.82, 2.24) is 5.32 Å². The first-order chi connectivity index (χ1) is 8.10. The van der Waals surface area contributed by atoms with E-state index in [0.29, 0.717) is 10.4 Å². The lowest BCUT2D eigenvalue weighted by molar-refractivity contribution is 0.368. The molecule has 1 aromatic rings. The zero-order valence-corrected chi connectivity index (χ0v) is 12.3. The second kappa shape index (κ2) is 7.12. The molecular formula is C14H21BrFN. The van der Waals surface area contributed by atoms with E-state index in [1.54, 1.807) is 12.1 Å². The van der Waals surface area contributed by atoms with Crippen molar-refractivity contribution < 1.29 is 4.39 Å². The second-order valence-corrected chi connectivity index (χ2v) is 5.33. The highest BCUT2D eigenvalue weighted by atomic mass is 79.9. The molecule has 0 bridgehead atoms. The van der Waals surface area contributed by atoms with Gasteiger partial charge in [-0.1, -0.05) is 33.3 Å². The van der Waals surface area contributed by atoms with E-state index in [0.717, 1.165) is 24.9 Å². The van der Waals surface area contributed by atoms with Gasteiger partial charge in [-0.15, -0.1) is 0 Å². The SMILES string of the molecule is CCCC(C)C(NCC)c1ccc(Br)c(F)c1. The van der Waals surface area contributed by atoms with Crippen LogP contribution in [0.2, 0.25) is 0 Å². The quantitative estimate of drug-likeness (QED) is 0.805. The highest BCUT2D eigenvalue weighted by Crippen LogP contribution is 2.28. The third-order valence-electron chi connectivity index (χ3n) is 3.04. The molecule has 3 heteroatoms. The first-order valence-corrected chi connectivity index (χ1v) is 7.07. The maximum Gasteiger partial charge on any atom is 0.137 e. The van der Waals surface area contributed by atoms with E-state index in [4.69, 9.17) is 0 Å². The van der Waals surface area contributed by atoms with Crippen molar-refractivity contribution in [2.75, 3.05) is 6.54 Å². The summed E-state index contributed by atoms with van der Waals surface area (Å²) in [6.07, 6.45) is 2.30. The summed E-state index contributed by atoms with van der Waals surface area (Å²) in [6.45, 7) is 7.38. The summed E-state index contributed by atoms with van der Waals surface area (Å²) in [5, 5.41) is 3.45. The molecule has 0 saturated heterocycles. The monoisotopic (exact) mass is 301 g/mol. The second-order valence-electron chi connectivity index (χ2n) is 4.47. The van der Waals surface area contributed by atoms with Crippen LogP contribution in [0.1, 0.15) is 45.2 Å². The zero-order valence-electron chi connectivity index (χ0n) is 10.8. The Morgan fingerprint density at radius 1 is 1.35 bits per heavy atom. The van der Waals surface area contributed by atoms with Crippen molar-refractivity contribution in [3.63, 3.8) is 0 Å². The molecule has 2 atom stereocenters. The molecule has 0 amide bonds. The Kier molecular flexibility index (Phi) is 6.14. The number of benzene rings is 1. The Morgan fingerprint density at radius 2 is 2.06 bits per heavy atom. The van der Waals surface area contributed by atoms with E-state index in [-0.39, 0.29) is 11.9 Å². The first kappa shape index (κ1) is 14.7. The van der Waals surface area contributed by atoms with Gasteiger partial charge in [0.1, 0.15) is 5.82 Å². The molecule has 1 rings (SSSR count). The number of nitrogens with one attached hydrogen (secondary N) is 1. The summed E-state index contributed by atoms with van der Waals surface area (Å²) in [7, 11) is 0. The van der Waals surface area contributed by atoms with Gasteiger partial charge in [0.25, 0.3) is 0 Å². The predicted molar refractivity (Wildman–Crippen MR) is 74.6 cm³/mol. The summed E-state index contributed by atoms with van der Waals surface area (Å²) in [4.78, 5) is 0. The lowest BCUT2D eigenvalue weighted by Gasteiger charge is -2.25. The molecule has 0 aliphatic carbocycles. The normalized spacial score (nSPS) is 14.6. The van der Waals surface area contributed by atoms with Gasteiger partial charge in [0.15, 0.2) is 0 Å². The van der Waals surface area contributed by atoms with Crippen LogP contribution >= 0.6 is 15.9 Å². The molecule has 0 radical (unpaired) electrons. The molecule has 96 valence electrons. The topological polar surface area (TPSA) is 12.0 Å². The molecule has 0 aliphatic rings. The van der Waals surface area contributed by atoms with Gasteiger partial charge in [0.2, 0.25) is 0 Å². The molecule has 1 N–H and O–H groups in total. The van der Waals surface area contributed by atoms with Crippen molar-refractivity contribution in [3.05, 3.63) is 34.1 Å². The molecule has 1 nitrogen and oxygen atoms in total. The fourth-order valence-electron chi connectivity index (χ4n) is 2.20. The van der Waals surface area contributed by atoms with Crippen LogP contribution in [0.25, 0.3) is 0 Å². The Bertz CT molecular complexity index is 354.